The van der Waals surface area contributed by atoms with Gasteiger partial charge in [0, 0.05) is 12.6 Å². The van der Waals surface area contributed by atoms with Gasteiger partial charge in [0.15, 0.2) is 5.69 Å². The van der Waals surface area contributed by atoms with Gasteiger partial charge in [-0.15, -0.1) is 0 Å². The summed E-state index contributed by atoms with van der Waals surface area (Å²) >= 11 is 0. The maximum Gasteiger partial charge on any atom is 0.158 e. The molecule has 1 heterocycles. The fourth-order valence-corrected chi connectivity index (χ4v) is 2.14. The van der Waals surface area contributed by atoms with Crippen LogP contribution in [0, 0.1) is 11.3 Å². The van der Waals surface area contributed by atoms with Crippen molar-refractivity contribution in [2.24, 2.45) is 5.73 Å². The largest absolute Gasteiger partial charge is 0.376 e. The van der Waals surface area contributed by atoms with Crippen molar-refractivity contribution in [1.82, 2.24) is 9.97 Å². The lowest BCUT2D eigenvalue weighted by Crippen LogP contribution is -2.31. The van der Waals surface area contributed by atoms with Gasteiger partial charge in [-0.2, -0.15) is 5.26 Å². The van der Waals surface area contributed by atoms with Gasteiger partial charge >= 0.3 is 0 Å². The molecule has 1 aliphatic carbocycles. The van der Waals surface area contributed by atoms with Crippen LogP contribution in [0.15, 0.2) is 12.4 Å². The normalized spacial score (nSPS) is 22.7. The first-order valence-electron chi connectivity index (χ1n) is 6.61. The molecule has 0 unspecified atom stereocenters. The molecular formula is C13H19N5O. The van der Waals surface area contributed by atoms with Crippen molar-refractivity contribution in [1.29, 1.82) is 5.26 Å². The van der Waals surface area contributed by atoms with Gasteiger partial charge in [-0.25, -0.2) is 9.97 Å². The second-order valence-electron chi connectivity index (χ2n) is 4.73. The predicted molar refractivity (Wildman–Crippen MR) is 71.4 cm³/mol. The zero-order valence-corrected chi connectivity index (χ0v) is 10.9. The molecule has 1 aromatic rings. The molecule has 6 heteroatoms. The minimum atomic E-state index is 0.320. The van der Waals surface area contributed by atoms with E-state index in [0.717, 1.165) is 25.7 Å². The number of ether oxygens (including phenoxy) is 1. The third-order valence-corrected chi connectivity index (χ3v) is 3.25. The van der Waals surface area contributed by atoms with Crippen molar-refractivity contribution < 1.29 is 4.74 Å². The molecule has 0 aromatic carbocycles. The molecule has 0 aliphatic heterocycles. The van der Waals surface area contributed by atoms with Gasteiger partial charge in [0.2, 0.25) is 0 Å². The maximum absolute atomic E-state index is 8.60. The molecule has 0 amide bonds. The van der Waals surface area contributed by atoms with E-state index in [-0.39, 0.29) is 0 Å². The Labute approximate surface area is 113 Å². The Morgan fingerprint density at radius 2 is 2.11 bits per heavy atom. The smallest absolute Gasteiger partial charge is 0.158 e. The van der Waals surface area contributed by atoms with E-state index >= 15 is 0 Å². The van der Waals surface area contributed by atoms with E-state index in [1.165, 1.54) is 6.20 Å². The van der Waals surface area contributed by atoms with Crippen LogP contribution < -0.4 is 11.1 Å². The number of nitrogens with zero attached hydrogens (tertiary/aromatic N) is 3. The van der Waals surface area contributed by atoms with Crippen molar-refractivity contribution in [3.63, 3.8) is 0 Å². The lowest BCUT2D eigenvalue weighted by atomic mass is 9.94. The molecule has 19 heavy (non-hydrogen) atoms. The van der Waals surface area contributed by atoms with Crippen LogP contribution in [0.1, 0.15) is 31.4 Å². The van der Waals surface area contributed by atoms with Crippen molar-refractivity contribution in [3.8, 4) is 6.07 Å². The number of hydrogen-bond acceptors (Lipinski definition) is 6. The summed E-state index contributed by atoms with van der Waals surface area (Å²) in [5.74, 6) is 0.660. The Balaban J connectivity index is 1.62. The number of rotatable bonds is 5. The Kier molecular flexibility index (Phi) is 5.07. The lowest BCUT2D eigenvalue weighted by molar-refractivity contribution is 0.0313. The molecule has 3 N–H and O–H groups in total. The molecule has 0 spiro atoms. The van der Waals surface area contributed by atoms with E-state index in [9.17, 15) is 0 Å². The fourth-order valence-electron chi connectivity index (χ4n) is 2.14. The molecule has 0 atom stereocenters. The zero-order chi connectivity index (χ0) is 13.5. The van der Waals surface area contributed by atoms with Crippen LogP contribution in [0.3, 0.4) is 0 Å². The van der Waals surface area contributed by atoms with Crippen LogP contribution in [-0.4, -0.2) is 35.3 Å². The van der Waals surface area contributed by atoms with Gasteiger partial charge in [0.05, 0.1) is 25.1 Å². The summed E-state index contributed by atoms with van der Waals surface area (Å²) in [5.41, 5.74) is 6.17. The number of nitrogens with one attached hydrogen (secondary N) is 1. The summed E-state index contributed by atoms with van der Waals surface area (Å²) in [6.45, 7) is 1.32. The Bertz CT molecular complexity index is 420. The molecule has 2 rings (SSSR count). The standard InChI is InChI=1S/C13H19N5O/c14-7-11-8-18-13(9-17-11)16-5-6-19-12-3-1-10(15)2-4-12/h8-10,12H,1-6,15H2,(H,16,18). The Morgan fingerprint density at radius 1 is 1.32 bits per heavy atom. The van der Waals surface area contributed by atoms with E-state index < -0.39 is 0 Å². The van der Waals surface area contributed by atoms with Crippen LogP contribution in [-0.2, 0) is 4.74 Å². The number of anilines is 1. The summed E-state index contributed by atoms with van der Waals surface area (Å²) in [6, 6.07) is 2.29. The summed E-state index contributed by atoms with van der Waals surface area (Å²) in [7, 11) is 0. The average molecular weight is 261 g/mol. The SMILES string of the molecule is N#Cc1cnc(NCCOC2CCC(N)CC2)cn1. The molecule has 102 valence electrons. The maximum atomic E-state index is 8.60. The van der Waals surface area contributed by atoms with Crippen LogP contribution in [0.2, 0.25) is 0 Å². The quantitative estimate of drug-likeness (QED) is 0.769. The average Bonchev–Trinajstić information content (AvgIpc) is 2.46. The topological polar surface area (TPSA) is 96.8 Å². The number of hydrogen-bond donors (Lipinski definition) is 2. The first-order chi connectivity index (χ1) is 9.28. The van der Waals surface area contributed by atoms with E-state index in [2.05, 4.69) is 15.3 Å². The van der Waals surface area contributed by atoms with Crippen molar-refractivity contribution in [3.05, 3.63) is 18.1 Å². The molecule has 0 saturated heterocycles. The molecule has 0 radical (unpaired) electrons. The highest BCUT2D eigenvalue weighted by molar-refractivity contribution is 5.32. The number of nitriles is 1. The molecule has 1 saturated carbocycles. The highest BCUT2D eigenvalue weighted by atomic mass is 16.5. The van der Waals surface area contributed by atoms with E-state index in [1.807, 2.05) is 6.07 Å². The van der Waals surface area contributed by atoms with E-state index in [1.54, 1.807) is 6.20 Å². The predicted octanol–water partition coefficient (Wildman–Crippen LogP) is 1.05. The van der Waals surface area contributed by atoms with Crippen molar-refractivity contribution in [2.45, 2.75) is 37.8 Å². The zero-order valence-electron chi connectivity index (χ0n) is 10.9. The van der Waals surface area contributed by atoms with Crippen LogP contribution in [0.5, 0.6) is 0 Å². The minimum absolute atomic E-state index is 0.320. The molecule has 0 bridgehead atoms. The van der Waals surface area contributed by atoms with Gasteiger partial charge in [-0.3, -0.25) is 0 Å². The highest BCUT2D eigenvalue weighted by Gasteiger charge is 2.18. The number of aromatic nitrogens is 2. The van der Waals surface area contributed by atoms with Gasteiger partial charge in [-0.05, 0) is 25.7 Å². The monoisotopic (exact) mass is 261 g/mol. The lowest BCUT2D eigenvalue weighted by Gasteiger charge is -2.26. The fraction of sp³-hybridized carbons (Fsp3) is 0.615. The first kappa shape index (κ1) is 13.7. The molecule has 1 aromatic heterocycles. The van der Waals surface area contributed by atoms with Gasteiger partial charge in [0.1, 0.15) is 11.9 Å². The summed E-state index contributed by atoms with van der Waals surface area (Å²) in [4.78, 5) is 8.01. The molecule has 1 aliphatic rings. The van der Waals surface area contributed by atoms with E-state index in [0.29, 0.717) is 36.8 Å². The summed E-state index contributed by atoms with van der Waals surface area (Å²) in [6.07, 6.45) is 7.56. The van der Waals surface area contributed by atoms with Crippen molar-refractivity contribution in [2.75, 3.05) is 18.5 Å². The first-order valence-corrected chi connectivity index (χ1v) is 6.61. The second-order valence-corrected chi connectivity index (χ2v) is 4.73. The summed E-state index contributed by atoms with van der Waals surface area (Å²) in [5, 5.41) is 11.7. The molecular weight excluding hydrogens is 242 g/mol. The van der Waals surface area contributed by atoms with Gasteiger partial charge in [-0.1, -0.05) is 0 Å². The highest BCUT2D eigenvalue weighted by Crippen LogP contribution is 2.19. The number of nitrogens with two attached hydrogens (primary N) is 1. The van der Waals surface area contributed by atoms with Gasteiger partial charge in [0.25, 0.3) is 0 Å². The Hall–Kier alpha value is -1.71. The Morgan fingerprint density at radius 3 is 2.74 bits per heavy atom. The molecule has 6 nitrogen and oxygen atoms in total. The van der Waals surface area contributed by atoms with Crippen LogP contribution in [0.4, 0.5) is 5.82 Å². The van der Waals surface area contributed by atoms with E-state index in [4.69, 9.17) is 15.7 Å². The van der Waals surface area contributed by atoms with Crippen molar-refractivity contribution >= 4 is 5.82 Å². The van der Waals surface area contributed by atoms with Gasteiger partial charge < -0.3 is 15.8 Å². The van der Waals surface area contributed by atoms with Crippen LogP contribution in [0.25, 0.3) is 0 Å². The molecule has 1 fully saturated rings. The van der Waals surface area contributed by atoms with Crippen LogP contribution >= 0.6 is 0 Å². The second kappa shape index (κ2) is 7.02. The third-order valence-electron chi connectivity index (χ3n) is 3.25. The third kappa shape index (κ3) is 4.47. The minimum Gasteiger partial charge on any atom is -0.376 e. The summed E-state index contributed by atoms with van der Waals surface area (Å²) < 4.78 is 5.78.